The summed E-state index contributed by atoms with van der Waals surface area (Å²) in [7, 11) is -1.94. The van der Waals surface area contributed by atoms with Crippen LogP contribution in [0.1, 0.15) is 11.9 Å². The molecule has 0 spiro atoms. The fraction of sp³-hybridized carbons (Fsp3) is 0.105. The van der Waals surface area contributed by atoms with Crippen molar-refractivity contribution in [1.82, 2.24) is 9.55 Å². The summed E-state index contributed by atoms with van der Waals surface area (Å²) in [4.78, 5) is 4.00. The number of halogens is 2. The van der Waals surface area contributed by atoms with Crippen molar-refractivity contribution in [1.29, 1.82) is 0 Å². The lowest BCUT2D eigenvalue weighted by atomic mass is 10.2. The van der Waals surface area contributed by atoms with Gasteiger partial charge in [0.25, 0.3) is 10.0 Å². The van der Waals surface area contributed by atoms with Crippen molar-refractivity contribution < 1.29 is 13.5 Å². The van der Waals surface area contributed by atoms with Crippen LogP contribution in [-0.4, -0.2) is 23.1 Å². The van der Waals surface area contributed by atoms with Gasteiger partial charge in [0, 0.05) is 34.7 Å². The van der Waals surface area contributed by atoms with E-state index in [0.717, 1.165) is 10.9 Å². The third-order valence-corrected chi connectivity index (χ3v) is 7.22. The molecule has 3 N–H and O–H groups in total. The van der Waals surface area contributed by atoms with Crippen LogP contribution >= 0.6 is 34.5 Å². The molecule has 0 aliphatic carbocycles. The summed E-state index contributed by atoms with van der Waals surface area (Å²) < 4.78 is 29.0. The number of aliphatic hydroxyl groups excluding tert-OH is 1. The maximum absolute atomic E-state index is 12.4. The average Bonchev–Trinajstić information content (AvgIpc) is 3.30. The fourth-order valence-corrected chi connectivity index (χ4v) is 5.37. The Morgan fingerprint density at radius 3 is 2.57 bits per heavy atom. The van der Waals surface area contributed by atoms with E-state index in [1.165, 1.54) is 29.7 Å². The molecule has 2 heterocycles. The van der Waals surface area contributed by atoms with Gasteiger partial charge >= 0.3 is 0 Å². The van der Waals surface area contributed by atoms with Crippen LogP contribution in [0.2, 0.25) is 10.0 Å². The second-order valence-corrected chi connectivity index (χ2v) is 9.88. The van der Waals surface area contributed by atoms with Crippen LogP contribution in [-0.2, 0) is 17.1 Å². The number of benzene rings is 2. The zero-order chi connectivity index (χ0) is 21.5. The lowest BCUT2D eigenvalue weighted by Crippen LogP contribution is -2.14. The van der Waals surface area contributed by atoms with Crippen LogP contribution in [0.4, 0.5) is 10.8 Å². The van der Waals surface area contributed by atoms with Crippen molar-refractivity contribution in [2.75, 3.05) is 10.0 Å². The number of nitrogens with one attached hydrogen (secondary N) is 2. The van der Waals surface area contributed by atoms with Gasteiger partial charge < -0.3 is 15.0 Å². The molecule has 4 aromatic rings. The highest BCUT2D eigenvalue weighted by molar-refractivity contribution is 7.93. The summed E-state index contributed by atoms with van der Waals surface area (Å²) in [5, 5.41) is 17.4. The summed E-state index contributed by atoms with van der Waals surface area (Å²) >= 11 is 13.5. The highest BCUT2D eigenvalue weighted by atomic mass is 35.5. The van der Waals surface area contributed by atoms with E-state index < -0.39 is 16.3 Å². The van der Waals surface area contributed by atoms with Crippen molar-refractivity contribution in [2.45, 2.75) is 11.1 Å². The Bertz CT molecular complexity index is 1300. The molecule has 1 unspecified atom stereocenters. The quantitative estimate of drug-likeness (QED) is 0.341. The summed E-state index contributed by atoms with van der Waals surface area (Å²) in [6.45, 7) is 0. The summed E-state index contributed by atoms with van der Waals surface area (Å²) in [6.07, 6.45) is 0.471. The molecule has 4 rings (SSSR count). The maximum atomic E-state index is 12.4. The third kappa shape index (κ3) is 4.12. The summed E-state index contributed by atoms with van der Waals surface area (Å²) in [5.41, 5.74) is 1.92. The molecule has 0 aliphatic rings. The molecule has 30 heavy (non-hydrogen) atoms. The Morgan fingerprint density at radius 1 is 1.17 bits per heavy atom. The molecule has 11 heteroatoms. The fourth-order valence-electron chi connectivity index (χ4n) is 3.05. The molecule has 0 radical (unpaired) electrons. The second-order valence-electron chi connectivity index (χ2n) is 6.46. The molecule has 0 saturated heterocycles. The number of hydrogen-bond acceptors (Lipinski definition) is 6. The minimum Gasteiger partial charge on any atom is -0.368 e. The molecule has 0 bridgehead atoms. The smallest absolute Gasteiger partial charge is 0.263 e. The number of aryl methyl sites for hydroxylation is 1. The van der Waals surface area contributed by atoms with Gasteiger partial charge in [-0.3, -0.25) is 4.72 Å². The first kappa shape index (κ1) is 21.0. The molecule has 7 nitrogen and oxygen atoms in total. The minimum absolute atomic E-state index is 0.0868. The van der Waals surface area contributed by atoms with Crippen molar-refractivity contribution in [3.63, 3.8) is 0 Å². The summed E-state index contributed by atoms with van der Waals surface area (Å²) in [6, 6.07) is 11.2. The topological polar surface area (TPSA) is 96.2 Å². The number of anilines is 2. The lowest BCUT2D eigenvalue weighted by molar-refractivity contribution is 0.200. The van der Waals surface area contributed by atoms with Gasteiger partial charge in [-0.25, -0.2) is 13.4 Å². The van der Waals surface area contributed by atoms with Gasteiger partial charge in [0.05, 0.1) is 21.1 Å². The van der Waals surface area contributed by atoms with Gasteiger partial charge in [0.2, 0.25) is 0 Å². The van der Waals surface area contributed by atoms with Crippen LogP contribution in [0.5, 0.6) is 0 Å². The van der Waals surface area contributed by atoms with E-state index in [9.17, 15) is 13.5 Å². The van der Waals surface area contributed by atoms with E-state index >= 15 is 0 Å². The van der Waals surface area contributed by atoms with E-state index in [1.807, 2.05) is 0 Å². The Morgan fingerprint density at radius 2 is 1.90 bits per heavy atom. The number of fused-ring (bicyclic) bond motifs is 1. The van der Waals surface area contributed by atoms with Crippen LogP contribution < -0.4 is 10.0 Å². The highest BCUT2D eigenvalue weighted by Crippen LogP contribution is 2.32. The first-order chi connectivity index (χ1) is 14.2. The Hall–Kier alpha value is -2.30. The number of aromatic nitrogens is 2. The predicted molar refractivity (Wildman–Crippen MR) is 121 cm³/mol. The van der Waals surface area contributed by atoms with Crippen LogP contribution in [0.25, 0.3) is 10.9 Å². The van der Waals surface area contributed by atoms with Crippen LogP contribution in [0.3, 0.4) is 0 Å². The first-order valence-corrected chi connectivity index (χ1v) is 11.8. The van der Waals surface area contributed by atoms with Crippen molar-refractivity contribution >= 4 is 66.3 Å². The van der Waals surface area contributed by atoms with Crippen LogP contribution in [0.15, 0.2) is 58.9 Å². The Balaban J connectivity index is 1.54. The van der Waals surface area contributed by atoms with E-state index in [-0.39, 0.29) is 4.90 Å². The number of sulfonamides is 1. The largest absolute Gasteiger partial charge is 0.368 e. The predicted octanol–water partition coefficient (Wildman–Crippen LogP) is 4.85. The van der Waals surface area contributed by atoms with Crippen molar-refractivity contribution in [3.05, 3.63) is 69.8 Å². The normalized spacial score (nSPS) is 12.8. The van der Waals surface area contributed by atoms with Crippen LogP contribution in [0, 0.1) is 0 Å². The summed E-state index contributed by atoms with van der Waals surface area (Å²) in [5.74, 6) is 0. The Labute approximate surface area is 186 Å². The zero-order valence-corrected chi connectivity index (χ0v) is 18.6. The molecule has 2 aromatic heterocycles. The molecule has 0 fully saturated rings. The maximum Gasteiger partial charge on any atom is 0.263 e. The molecule has 0 aliphatic heterocycles. The number of nitrogens with zero attached hydrogens (tertiary/aromatic N) is 2. The standard InChI is InChI=1S/C19H16Cl2N4O3S2/c1-25-16-9-11(20)8-15(21)14(16)10-17(25)18(26)23-12-2-4-13(5-3-12)30(27,28)24-19-22-6-7-29-19/h2-10,18,23,26H,1H3,(H,22,24). The zero-order valence-electron chi connectivity index (χ0n) is 15.5. The number of rotatable bonds is 6. The van der Waals surface area contributed by atoms with E-state index in [2.05, 4.69) is 15.0 Å². The van der Waals surface area contributed by atoms with Gasteiger partial charge in [-0.1, -0.05) is 23.2 Å². The number of aliphatic hydroxyl groups is 1. The van der Waals surface area contributed by atoms with Gasteiger partial charge in [0.1, 0.15) is 0 Å². The monoisotopic (exact) mass is 482 g/mol. The Kier molecular flexibility index (Phi) is 5.65. The minimum atomic E-state index is -3.74. The number of hydrogen-bond donors (Lipinski definition) is 3. The van der Waals surface area contributed by atoms with E-state index in [1.54, 1.807) is 47.3 Å². The molecule has 0 saturated carbocycles. The molecular formula is C19H16Cl2N4O3S2. The first-order valence-electron chi connectivity index (χ1n) is 8.66. The molecular weight excluding hydrogens is 467 g/mol. The SMILES string of the molecule is Cn1c(C(O)Nc2ccc(S(=O)(=O)Nc3nccs3)cc2)cc2c(Cl)cc(Cl)cc21. The van der Waals surface area contributed by atoms with E-state index in [4.69, 9.17) is 23.2 Å². The highest BCUT2D eigenvalue weighted by Gasteiger charge is 2.18. The van der Waals surface area contributed by atoms with Crippen molar-refractivity contribution in [3.8, 4) is 0 Å². The molecule has 2 aromatic carbocycles. The van der Waals surface area contributed by atoms with Crippen molar-refractivity contribution in [2.24, 2.45) is 7.05 Å². The van der Waals surface area contributed by atoms with Gasteiger partial charge in [-0.15, -0.1) is 11.3 Å². The molecule has 1 atom stereocenters. The third-order valence-electron chi connectivity index (χ3n) is 4.52. The lowest BCUT2D eigenvalue weighted by Gasteiger charge is -2.16. The second kappa shape index (κ2) is 8.09. The van der Waals surface area contributed by atoms with E-state index in [0.29, 0.717) is 26.6 Å². The average molecular weight is 483 g/mol. The number of thiazole rings is 1. The molecule has 156 valence electrons. The molecule has 0 amide bonds. The van der Waals surface area contributed by atoms with Gasteiger partial charge in [-0.05, 0) is 42.5 Å². The van der Waals surface area contributed by atoms with Gasteiger partial charge in [-0.2, -0.15) is 0 Å². The van der Waals surface area contributed by atoms with Gasteiger partial charge in [0.15, 0.2) is 11.4 Å².